The number of esters is 1. The Labute approximate surface area is 130 Å². The summed E-state index contributed by atoms with van der Waals surface area (Å²) in [5.41, 5.74) is 0.642. The van der Waals surface area contributed by atoms with Crippen LogP contribution in [0, 0.1) is 0 Å². The van der Waals surface area contributed by atoms with Crippen LogP contribution in [-0.4, -0.2) is 41.6 Å². The van der Waals surface area contributed by atoms with E-state index >= 15 is 0 Å². The van der Waals surface area contributed by atoms with Crippen LogP contribution in [0.4, 0.5) is 0 Å². The zero-order chi connectivity index (χ0) is 12.3. The third-order valence-corrected chi connectivity index (χ3v) is 2.89. The molecule has 0 saturated carbocycles. The standard InChI is InChI=1S/C15H16O2.Na.H/c1-3-11(2)17-15(16)14-10-6-8-12-7-4-5-9-13(12)14;;/h4-11H,3H2,1-2H3;;. The molecule has 2 aromatic rings. The number of hydrogen-bond acceptors (Lipinski definition) is 2. The van der Waals surface area contributed by atoms with E-state index < -0.39 is 0 Å². The van der Waals surface area contributed by atoms with Gasteiger partial charge in [0.15, 0.2) is 0 Å². The van der Waals surface area contributed by atoms with Crippen molar-refractivity contribution in [1.29, 1.82) is 0 Å². The molecule has 0 aromatic heterocycles. The maximum atomic E-state index is 12.0. The van der Waals surface area contributed by atoms with E-state index in [4.69, 9.17) is 4.74 Å². The van der Waals surface area contributed by atoms with Crippen molar-refractivity contribution in [2.75, 3.05) is 0 Å². The summed E-state index contributed by atoms with van der Waals surface area (Å²) in [5, 5.41) is 2.01. The van der Waals surface area contributed by atoms with E-state index in [1.54, 1.807) is 0 Å². The number of hydrogen-bond donors (Lipinski definition) is 0. The molecule has 0 amide bonds. The molecular weight excluding hydrogens is 235 g/mol. The van der Waals surface area contributed by atoms with E-state index in [9.17, 15) is 4.79 Å². The van der Waals surface area contributed by atoms with Crippen molar-refractivity contribution in [3.8, 4) is 0 Å². The topological polar surface area (TPSA) is 26.3 Å². The molecule has 0 N–H and O–H groups in total. The van der Waals surface area contributed by atoms with Gasteiger partial charge in [0.25, 0.3) is 0 Å². The van der Waals surface area contributed by atoms with E-state index in [-0.39, 0.29) is 41.6 Å². The quantitative estimate of drug-likeness (QED) is 0.619. The molecule has 0 heterocycles. The van der Waals surface area contributed by atoms with E-state index in [1.165, 1.54) is 0 Å². The monoisotopic (exact) mass is 252 g/mol. The van der Waals surface area contributed by atoms with E-state index in [0.717, 1.165) is 17.2 Å². The van der Waals surface area contributed by atoms with Crippen molar-refractivity contribution >= 4 is 46.3 Å². The molecule has 0 aliphatic heterocycles. The van der Waals surface area contributed by atoms with Gasteiger partial charge in [-0.05, 0) is 30.2 Å². The summed E-state index contributed by atoms with van der Waals surface area (Å²) in [6.07, 6.45) is 0.790. The molecule has 0 bridgehead atoms. The molecule has 0 aliphatic rings. The first kappa shape index (κ1) is 15.2. The molecule has 0 spiro atoms. The van der Waals surface area contributed by atoms with E-state index in [2.05, 4.69) is 0 Å². The zero-order valence-corrected chi connectivity index (χ0v) is 10.1. The molecule has 1 unspecified atom stereocenters. The first-order valence-electron chi connectivity index (χ1n) is 5.91. The predicted molar refractivity (Wildman–Crippen MR) is 76.3 cm³/mol. The summed E-state index contributed by atoms with van der Waals surface area (Å²) in [5.74, 6) is -0.240. The van der Waals surface area contributed by atoms with Crippen LogP contribution in [0.5, 0.6) is 0 Å². The van der Waals surface area contributed by atoms with Crippen molar-refractivity contribution < 1.29 is 9.53 Å². The first-order valence-corrected chi connectivity index (χ1v) is 5.91. The minimum atomic E-state index is -0.240. The Kier molecular flexibility index (Phi) is 5.86. The van der Waals surface area contributed by atoms with E-state index in [1.807, 2.05) is 56.3 Å². The van der Waals surface area contributed by atoms with Gasteiger partial charge in [0.1, 0.15) is 0 Å². The van der Waals surface area contributed by atoms with Crippen LogP contribution in [0.2, 0.25) is 0 Å². The molecule has 18 heavy (non-hydrogen) atoms. The normalized spacial score (nSPS) is 11.7. The van der Waals surface area contributed by atoms with Gasteiger partial charge >= 0.3 is 35.5 Å². The van der Waals surface area contributed by atoms with Gasteiger partial charge in [-0.3, -0.25) is 0 Å². The number of ether oxygens (including phenoxy) is 1. The number of rotatable bonds is 3. The molecule has 2 nitrogen and oxygen atoms in total. The Morgan fingerprint density at radius 1 is 1.17 bits per heavy atom. The summed E-state index contributed by atoms with van der Waals surface area (Å²) >= 11 is 0. The summed E-state index contributed by atoms with van der Waals surface area (Å²) in [6.45, 7) is 3.91. The van der Waals surface area contributed by atoms with Crippen LogP contribution >= 0.6 is 0 Å². The Morgan fingerprint density at radius 2 is 1.83 bits per heavy atom. The van der Waals surface area contributed by atoms with Crippen molar-refractivity contribution in [3.05, 3.63) is 48.0 Å². The molecule has 0 fully saturated rings. The first-order chi connectivity index (χ1) is 8.22. The number of benzene rings is 2. The Bertz CT molecular complexity index is 532. The summed E-state index contributed by atoms with van der Waals surface area (Å²) in [6, 6.07) is 13.5. The van der Waals surface area contributed by atoms with Gasteiger partial charge in [-0.25, -0.2) is 4.79 Å². The van der Waals surface area contributed by atoms with Crippen molar-refractivity contribution in [2.45, 2.75) is 26.4 Å². The van der Waals surface area contributed by atoms with Crippen molar-refractivity contribution in [1.82, 2.24) is 0 Å². The molecular formula is C15H17NaO2. The van der Waals surface area contributed by atoms with Gasteiger partial charge in [-0.15, -0.1) is 0 Å². The second-order valence-electron chi connectivity index (χ2n) is 4.15. The maximum absolute atomic E-state index is 12.0. The second kappa shape index (κ2) is 6.93. The van der Waals surface area contributed by atoms with Crippen molar-refractivity contribution in [3.63, 3.8) is 0 Å². The fourth-order valence-electron chi connectivity index (χ4n) is 1.73. The Hall–Kier alpha value is -0.830. The SMILES string of the molecule is CCC(C)OC(=O)c1cccc2ccccc12.[NaH]. The van der Waals surface area contributed by atoms with Crippen molar-refractivity contribution in [2.24, 2.45) is 0 Å². The average molecular weight is 252 g/mol. The third-order valence-electron chi connectivity index (χ3n) is 2.89. The Morgan fingerprint density at radius 3 is 2.56 bits per heavy atom. The Balaban J connectivity index is 0.00000162. The van der Waals surface area contributed by atoms with Gasteiger partial charge in [0, 0.05) is 0 Å². The van der Waals surface area contributed by atoms with Gasteiger partial charge in [-0.2, -0.15) is 0 Å². The fourth-order valence-corrected chi connectivity index (χ4v) is 1.73. The van der Waals surface area contributed by atoms with Crippen LogP contribution in [0.15, 0.2) is 42.5 Å². The molecule has 0 aliphatic carbocycles. The van der Waals surface area contributed by atoms with Gasteiger partial charge in [-0.1, -0.05) is 43.3 Å². The summed E-state index contributed by atoms with van der Waals surface area (Å²) in [7, 11) is 0. The predicted octanol–water partition coefficient (Wildman–Crippen LogP) is 3.15. The second-order valence-corrected chi connectivity index (χ2v) is 4.15. The summed E-state index contributed by atoms with van der Waals surface area (Å²) in [4.78, 5) is 12.0. The van der Waals surface area contributed by atoms with Crippen LogP contribution in [0.3, 0.4) is 0 Å². The van der Waals surface area contributed by atoms with Gasteiger partial charge < -0.3 is 4.74 Å². The molecule has 3 heteroatoms. The fraction of sp³-hybridized carbons (Fsp3) is 0.267. The molecule has 0 radical (unpaired) electrons. The van der Waals surface area contributed by atoms with Crippen LogP contribution in [-0.2, 0) is 4.74 Å². The van der Waals surface area contributed by atoms with Gasteiger partial charge in [0.05, 0.1) is 11.7 Å². The molecule has 2 rings (SSSR count). The third kappa shape index (κ3) is 3.35. The number of carbonyl (C=O) groups is 1. The van der Waals surface area contributed by atoms with E-state index in [0.29, 0.717) is 5.56 Å². The molecule has 2 aromatic carbocycles. The van der Waals surface area contributed by atoms with Crippen LogP contribution in [0.1, 0.15) is 30.6 Å². The van der Waals surface area contributed by atoms with Crippen LogP contribution < -0.4 is 0 Å². The average Bonchev–Trinajstić information content (AvgIpc) is 2.37. The van der Waals surface area contributed by atoms with Gasteiger partial charge in [0.2, 0.25) is 0 Å². The molecule has 90 valence electrons. The number of carbonyl (C=O) groups excluding carboxylic acids is 1. The number of fused-ring (bicyclic) bond motifs is 1. The minimum absolute atomic E-state index is 0. The molecule has 0 saturated heterocycles. The zero-order valence-electron chi connectivity index (χ0n) is 10.1. The molecule has 1 atom stereocenters. The summed E-state index contributed by atoms with van der Waals surface area (Å²) < 4.78 is 5.35. The van der Waals surface area contributed by atoms with Crippen LogP contribution in [0.25, 0.3) is 10.8 Å².